The maximum Gasteiger partial charge on any atom is 0.407 e. The Kier molecular flexibility index (Phi) is 6.91. The van der Waals surface area contributed by atoms with Crippen LogP contribution in [0.1, 0.15) is 56.6 Å². The molecule has 2 aromatic carbocycles. The van der Waals surface area contributed by atoms with E-state index in [9.17, 15) is 19.5 Å². The van der Waals surface area contributed by atoms with E-state index >= 15 is 0 Å². The fourth-order valence-corrected chi connectivity index (χ4v) is 5.03. The third-order valence-electron chi connectivity index (χ3n) is 7.13. The first-order valence-electron chi connectivity index (χ1n) is 11.9. The van der Waals surface area contributed by atoms with E-state index in [-0.39, 0.29) is 31.0 Å². The number of hydrogen-bond acceptors (Lipinski definition) is 4. The lowest BCUT2D eigenvalue weighted by atomic mass is 9.87. The Morgan fingerprint density at radius 2 is 1.62 bits per heavy atom. The molecule has 0 bridgehead atoms. The normalized spacial score (nSPS) is 19.2. The van der Waals surface area contributed by atoms with Crippen LogP contribution >= 0.6 is 0 Å². The summed E-state index contributed by atoms with van der Waals surface area (Å²) in [4.78, 5) is 36.5. The fraction of sp³-hybridized carbons (Fsp3) is 0.444. The van der Waals surface area contributed by atoms with E-state index in [1.165, 1.54) is 11.1 Å². The molecule has 2 atom stereocenters. The van der Waals surface area contributed by atoms with Crippen molar-refractivity contribution in [3.8, 4) is 11.1 Å². The van der Waals surface area contributed by atoms with Crippen molar-refractivity contribution in [1.29, 1.82) is 0 Å². The summed E-state index contributed by atoms with van der Waals surface area (Å²) in [5.74, 6) is -1.59. The van der Waals surface area contributed by atoms with Gasteiger partial charge in [-0.1, -0.05) is 68.8 Å². The summed E-state index contributed by atoms with van der Waals surface area (Å²) >= 11 is 0. The molecule has 1 fully saturated rings. The number of ether oxygens (including phenoxy) is 1. The van der Waals surface area contributed by atoms with Crippen molar-refractivity contribution in [2.75, 3.05) is 13.2 Å². The standard InChI is InChI=1S/C27H32N2O5/c1-27(2,25(32)29-23-13-7-12-21(23)24(30)31)14-15-28-26(33)34-16-22-19-10-5-3-8-17(19)18-9-4-6-11-20(18)22/h3-6,8-11,21-23H,7,12-16H2,1-2H3,(H,28,33)(H,29,32)(H,30,31)/t21-,23+/m1/s1. The second kappa shape index (κ2) is 9.87. The van der Waals surface area contributed by atoms with Crippen LogP contribution in [0.25, 0.3) is 11.1 Å². The molecule has 7 heteroatoms. The highest BCUT2D eigenvalue weighted by atomic mass is 16.5. The van der Waals surface area contributed by atoms with Gasteiger partial charge in [-0.25, -0.2) is 4.79 Å². The zero-order valence-corrected chi connectivity index (χ0v) is 19.7. The molecule has 0 unspecified atom stereocenters. The lowest BCUT2D eigenvalue weighted by molar-refractivity contribution is -0.142. The Morgan fingerprint density at radius 1 is 1.00 bits per heavy atom. The van der Waals surface area contributed by atoms with Gasteiger partial charge in [0.15, 0.2) is 0 Å². The van der Waals surface area contributed by atoms with Gasteiger partial charge in [-0.05, 0) is 41.5 Å². The second-order valence-electron chi connectivity index (χ2n) is 9.84. The van der Waals surface area contributed by atoms with Gasteiger partial charge in [0.25, 0.3) is 0 Å². The molecule has 0 radical (unpaired) electrons. The summed E-state index contributed by atoms with van der Waals surface area (Å²) in [5.41, 5.74) is 3.91. The van der Waals surface area contributed by atoms with E-state index in [1.807, 2.05) is 24.3 Å². The molecule has 2 aromatic rings. The van der Waals surface area contributed by atoms with Crippen molar-refractivity contribution in [3.63, 3.8) is 0 Å². The fourth-order valence-electron chi connectivity index (χ4n) is 5.03. The summed E-state index contributed by atoms with van der Waals surface area (Å²) in [6, 6.07) is 16.0. The Morgan fingerprint density at radius 3 is 2.24 bits per heavy atom. The number of carbonyl (C=O) groups is 3. The molecule has 2 amide bonds. The van der Waals surface area contributed by atoms with Gasteiger partial charge in [0.2, 0.25) is 5.91 Å². The molecule has 0 spiro atoms. The first kappa shape index (κ1) is 23.8. The molecule has 34 heavy (non-hydrogen) atoms. The van der Waals surface area contributed by atoms with Crippen LogP contribution in [0.3, 0.4) is 0 Å². The monoisotopic (exact) mass is 464 g/mol. The van der Waals surface area contributed by atoms with Crippen molar-refractivity contribution in [3.05, 3.63) is 59.7 Å². The van der Waals surface area contributed by atoms with Crippen LogP contribution in [-0.4, -0.2) is 42.3 Å². The molecule has 0 heterocycles. The minimum atomic E-state index is -0.863. The molecular formula is C27H32N2O5. The van der Waals surface area contributed by atoms with Gasteiger partial charge in [-0.3, -0.25) is 9.59 Å². The SMILES string of the molecule is CC(C)(CCNC(=O)OCC1c2ccccc2-c2ccccc21)C(=O)N[C@H]1CCC[C@H]1C(=O)O. The van der Waals surface area contributed by atoms with E-state index in [0.29, 0.717) is 19.3 Å². The van der Waals surface area contributed by atoms with Gasteiger partial charge in [-0.15, -0.1) is 0 Å². The maximum absolute atomic E-state index is 12.8. The first-order chi connectivity index (χ1) is 16.3. The van der Waals surface area contributed by atoms with E-state index < -0.39 is 23.4 Å². The zero-order chi connectivity index (χ0) is 24.3. The first-order valence-corrected chi connectivity index (χ1v) is 11.9. The number of benzene rings is 2. The molecule has 7 nitrogen and oxygen atoms in total. The Balaban J connectivity index is 1.26. The van der Waals surface area contributed by atoms with Crippen LogP contribution in [0.15, 0.2) is 48.5 Å². The molecule has 180 valence electrons. The van der Waals surface area contributed by atoms with Gasteiger partial charge >= 0.3 is 12.1 Å². The number of fused-ring (bicyclic) bond motifs is 3. The van der Waals surface area contributed by atoms with Crippen molar-refractivity contribution in [2.24, 2.45) is 11.3 Å². The van der Waals surface area contributed by atoms with Crippen LogP contribution in [0.5, 0.6) is 0 Å². The number of carbonyl (C=O) groups excluding carboxylic acids is 2. The summed E-state index contributed by atoms with van der Waals surface area (Å²) in [5, 5.41) is 15.0. The molecule has 2 aliphatic rings. The quantitative estimate of drug-likeness (QED) is 0.540. The number of aliphatic carboxylic acids is 1. The van der Waals surface area contributed by atoms with Gasteiger partial charge in [0.05, 0.1) is 5.92 Å². The highest BCUT2D eigenvalue weighted by molar-refractivity contribution is 5.83. The van der Waals surface area contributed by atoms with Crippen LogP contribution in [-0.2, 0) is 14.3 Å². The van der Waals surface area contributed by atoms with E-state index in [1.54, 1.807) is 13.8 Å². The second-order valence-corrected chi connectivity index (χ2v) is 9.84. The largest absolute Gasteiger partial charge is 0.481 e. The van der Waals surface area contributed by atoms with Crippen LogP contribution in [0.2, 0.25) is 0 Å². The molecule has 0 aromatic heterocycles. The van der Waals surface area contributed by atoms with Crippen molar-refractivity contribution in [1.82, 2.24) is 10.6 Å². The molecule has 0 aliphatic heterocycles. The van der Waals surface area contributed by atoms with Crippen molar-refractivity contribution >= 4 is 18.0 Å². The highest BCUT2D eigenvalue weighted by Crippen LogP contribution is 2.44. The van der Waals surface area contributed by atoms with Crippen LogP contribution < -0.4 is 10.6 Å². The van der Waals surface area contributed by atoms with E-state index in [4.69, 9.17) is 4.74 Å². The molecule has 3 N–H and O–H groups in total. The van der Waals surface area contributed by atoms with Gasteiger partial charge < -0.3 is 20.5 Å². The van der Waals surface area contributed by atoms with Crippen molar-refractivity contribution in [2.45, 2.75) is 51.5 Å². The average molecular weight is 465 g/mol. The topological polar surface area (TPSA) is 105 Å². The summed E-state index contributed by atoms with van der Waals surface area (Å²) in [6.45, 7) is 4.12. The summed E-state index contributed by atoms with van der Waals surface area (Å²) < 4.78 is 5.55. The molecule has 2 aliphatic carbocycles. The number of hydrogen-bond donors (Lipinski definition) is 3. The molecule has 4 rings (SSSR count). The highest BCUT2D eigenvalue weighted by Gasteiger charge is 2.37. The number of rotatable bonds is 8. The number of amides is 2. The number of carboxylic acids is 1. The average Bonchev–Trinajstić information content (AvgIpc) is 3.40. The lowest BCUT2D eigenvalue weighted by Crippen LogP contribution is -2.46. The van der Waals surface area contributed by atoms with Crippen LogP contribution in [0.4, 0.5) is 4.79 Å². The van der Waals surface area contributed by atoms with E-state index in [0.717, 1.165) is 17.5 Å². The predicted molar refractivity (Wildman–Crippen MR) is 128 cm³/mol. The number of alkyl carbamates (subject to hydrolysis) is 1. The zero-order valence-electron chi connectivity index (χ0n) is 19.7. The Hall–Kier alpha value is -3.35. The van der Waals surface area contributed by atoms with Gasteiger partial charge in [0.1, 0.15) is 6.61 Å². The number of carboxylic acid groups (broad SMARTS) is 1. The third kappa shape index (κ3) is 4.93. The predicted octanol–water partition coefficient (Wildman–Crippen LogP) is 4.31. The summed E-state index contributed by atoms with van der Waals surface area (Å²) in [7, 11) is 0. The summed E-state index contributed by atoms with van der Waals surface area (Å²) in [6.07, 6.45) is 1.96. The minimum absolute atomic E-state index is 0.00559. The smallest absolute Gasteiger partial charge is 0.407 e. The Labute approximate surface area is 199 Å². The Bertz CT molecular complexity index is 1030. The van der Waals surface area contributed by atoms with Crippen LogP contribution in [0, 0.1) is 11.3 Å². The van der Waals surface area contributed by atoms with Crippen molar-refractivity contribution < 1.29 is 24.2 Å². The third-order valence-corrected chi connectivity index (χ3v) is 7.13. The van der Waals surface area contributed by atoms with Gasteiger partial charge in [-0.2, -0.15) is 0 Å². The van der Waals surface area contributed by atoms with Gasteiger partial charge in [0, 0.05) is 23.9 Å². The lowest BCUT2D eigenvalue weighted by Gasteiger charge is -2.27. The number of nitrogens with one attached hydrogen (secondary N) is 2. The molecule has 1 saturated carbocycles. The minimum Gasteiger partial charge on any atom is -0.481 e. The maximum atomic E-state index is 12.8. The molecule has 0 saturated heterocycles. The molecular weight excluding hydrogens is 432 g/mol. The van der Waals surface area contributed by atoms with E-state index in [2.05, 4.69) is 34.9 Å².